The van der Waals surface area contributed by atoms with Crippen LogP contribution in [0.15, 0.2) is 55.0 Å². The van der Waals surface area contributed by atoms with E-state index in [1.807, 2.05) is 18.2 Å². The van der Waals surface area contributed by atoms with Crippen LogP contribution < -0.4 is 5.32 Å². The van der Waals surface area contributed by atoms with E-state index in [1.54, 1.807) is 29.1 Å². The first-order valence-electron chi connectivity index (χ1n) is 12.3. The van der Waals surface area contributed by atoms with Gasteiger partial charge in [-0.2, -0.15) is 0 Å². The van der Waals surface area contributed by atoms with Gasteiger partial charge in [0, 0.05) is 43.2 Å². The lowest BCUT2D eigenvalue weighted by Gasteiger charge is -2.32. The molecule has 0 saturated carbocycles. The van der Waals surface area contributed by atoms with E-state index in [0.29, 0.717) is 47.2 Å². The molecule has 1 fully saturated rings. The van der Waals surface area contributed by atoms with Crippen molar-refractivity contribution in [1.29, 1.82) is 0 Å². The molecule has 1 atom stereocenters. The van der Waals surface area contributed by atoms with Crippen LogP contribution in [0.4, 0.5) is 20.7 Å². The van der Waals surface area contributed by atoms with E-state index in [2.05, 4.69) is 27.1 Å². The average Bonchev–Trinajstić information content (AvgIpc) is 3.50. The van der Waals surface area contributed by atoms with E-state index in [4.69, 9.17) is 4.74 Å². The fourth-order valence-corrected chi connectivity index (χ4v) is 5.11. The number of ether oxygens (including phenoxy) is 1. The van der Waals surface area contributed by atoms with Crippen molar-refractivity contribution in [1.82, 2.24) is 24.2 Å². The van der Waals surface area contributed by atoms with Crippen LogP contribution in [0.2, 0.25) is 0 Å². The molecule has 0 radical (unpaired) electrons. The number of pyridine rings is 2. The van der Waals surface area contributed by atoms with Crippen LogP contribution in [0.1, 0.15) is 34.5 Å². The number of amides is 2. The zero-order valence-electron chi connectivity index (χ0n) is 20.6. The normalized spacial score (nSPS) is 16.6. The van der Waals surface area contributed by atoms with Gasteiger partial charge in [0.05, 0.1) is 42.9 Å². The number of carboxylic acid groups (broad SMARTS) is 1. The maximum absolute atomic E-state index is 13.7. The number of hydrogen-bond acceptors (Lipinski definition) is 7. The number of carbonyl (C=O) groups excluding carboxylic acids is 1. The van der Waals surface area contributed by atoms with E-state index < -0.39 is 17.8 Å². The maximum atomic E-state index is 13.7. The summed E-state index contributed by atoms with van der Waals surface area (Å²) >= 11 is 0. The molecule has 0 unspecified atom stereocenters. The Bertz CT molecular complexity index is 1550. The number of benzene rings is 1. The Hall–Kier alpha value is -4.35. The molecule has 10 nitrogen and oxygen atoms in total. The van der Waals surface area contributed by atoms with Gasteiger partial charge >= 0.3 is 6.09 Å². The van der Waals surface area contributed by atoms with Crippen LogP contribution >= 0.6 is 0 Å². The number of imide groups is 1. The lowest BCUT2D eigenvalue weighted by Crippen LogP contribution is -2.38. The van der Waals surface area contributed by atoms with Gasteiger partial charge in [-0.3, -0.25) is 14.1 Å². The fraction of sp³-hybridized carbons (Fsp3) is 0.259. The molecule has 2 N–H and O–H groups in total. The number of aromatic nitrogens is 3. The van der Waals surface area contributed by atoms with Crippen molar-refractivity contribution in [3.8, 4) is 11.3 Å². The molecule has 4 aromatic rings. The fourth-order valence-electron chi connectivity index (χ4n) is 5.11. The highest BCUT2D eigenvalue weighted by molar-refractivity contribution is 6.11. The summed E-state index contributed by atoms with van der Waals surface area (Å²) in [5.41, 5.74) is 4.01. The molecule has 11 heteroatoms. The number of fused-ring (bicyclic) bond motifs is 2. The van der Waals surface area contributed by atoms with Gasteiger partial charge in [0.2, 0.25) is 0 Å². The minimum absolute atomic E-state index is 0.105. The lowest BCUT2D eigenvalue weighted by molar-refractivity contribution is 0.0198. The van der Waals surface area contributed by atoms with E-state index in [-0.39, 0.29) is 18.2 Å². The molecule has 2 amide bonds. The number of morpholine rings is 1. The van der Waals surface area contributed by atoms with Gasteiger partial charge in [0.1, 0.15) is 17.3 Å². The van der Waals surface area contributed by atoms with Crippen LogP contribution in [-0.4, -0.2) is 67.6 Å². The topological polar surface area (TPSA) is 112 Å². The highest BCUT2D eigenvalue weighted by Gasteiger charge is 2.36. The Kier molecular flexibility index (Phi) is 6.01. The molecule has 0 bridgehead atoms. The van der Waals surface area contributed by atoms with Crippen LogP contribution in [-0.2, 0) is 11.3 Å². The Morgan fingerprint density at radius 1 is 1.13 bits per heavy atom. The number of halogens is 1. The number of hydrogen-bond donors (Lipinski definition) is 2. The number of nitrogens with zero attached hydrogens (tertiary/aromatic N) is 5. The second-order valence-corrected chi connectivity index (χ2v) is 9.33. The monoisotopic (exact) mass is 516 g/mol. The van der Waals surface area contributed by atoms with Gasteiger partial charge in [-0.05, 0) is 36.2 Å². The first kappa shape index (κ1) is 24.0. The SMILES string of the molecule is C[C@@H](c1ccc(Nc2ccc(-c3cnc4cc(F)ccn34)c3c2C(=O)N(C(=O)O)C3)nc1)N1CCOCC1. The summed E-state index contributed by atoms with van der Waals surface area (Å²) in [6.07, 6.45) is 3.62. The van der Waals surface area contributed by atoms with E-state index >= 15 is 0 Å². The predicted molar refractivity (Wildman–Crippen MR) is 137 cm³/mol. The summed E-state index contributed by atoms with van der Waals surface area (Å²) < 4.78 is 20.8. The lowest BCUT2D eigenvalue weighted by atomic mass is 9.99. The molecule has 3 aromatic heterocycles. The Labute approximate surface area is 217 Å². The summed E-state index contributed by atoms with van der Waals surface area (Å²) in [6, 6.07) is 10.2. The van der Waals surface area contributed by atoms with Crippen molar-refractivity contribution in [2.24, 2.45) is 0 Å². The van der Waals surface area contributed by atoms with Crippen LogP contribution in [0, 0.1) is 5.82 Å². The number of rotatable bonds is 5. The number of anilines is 2. The van der Waals surface area contributed by atoms with Crippen molar-refractivity contribution in [3.63, 3.8) is 0 Å². The molecule has 194 valence electrons. The van der Waals surface area contributed by atoms with Gasteiger partial charge in [-0.1, -0.05) is 12.1 Å². The molecular formula is C27H25FN6O4. The summed E-state index contributed by atoms with van der Waals surface area (Å²) in [7, 11) is 0. The van der Waals surface area contributed by atoms with Crippen LogP contribution in [0.3, 0.4) is 0 Å². The first-order valence-corrected chi connectivity index (χ1v) is 12.3. The van der Waals surface area contributed by atoms with Crippen molar-refractivity contribution in [2.45, 2.75) is 19.5 Å². The minimum Gasteiger partial charge on any atom is -0.465 e. The Morgan fingerprint density at radius 3 is 2.68 bits per heavy atom. The van der Waals surface area contributed by atoms with Gasteiger partial charge in [0.25, 0.3) is 5.91 Å². The third kappa shape index (κ3) is 4.15. The smallest absolute Gasteiger partial charge is 0.414 e. The maximum Gasteiger partial charge on any atom is 0.414 e. The molecule has 1 saturated heterocycles. The third-order valence-electron chi connectivity index (χ3n) is 7.20. The van der Waals surface area contributed by atoms with Gasteiger partial charge in [-0.15, -0.1) is 0 Å². The predicted octanol–water partition coefficient (Wildman–Crippen LogP) is 4.31. The summed E-state index contributed by atoms with van der Waals surface area (Å²) in [5.74, 6) is -0.497. The molecule has 0 aliphatic carbocycles. The Balaban J connectivity index is 1.34. The highest BCUT2D eigenvalue weighted by atomic mass is 19.1. The number of carbonyl (C=O) groups is 2. The molecule has 5 heterocycles. The van der Waals surface area contributed by atoms with Crippen LogP contribution in [0.25, 0.3) is 16.9 Å². The molecule has 38 heavy (non-hydrogen) atoms. The molecule has 6 rings (SSSR count). The van der Waals surface area contributed by atoms with Gasteiger partial charge < -0.3 is 15.2 Å². The molecule has 2 aliphatic rings. The van der Waals surface area contributed by atoms with E-state index in [1.165, 1.54) is 12.1 Å². The zero-order valence-corrected chi connectivity index (χ0v) is 20.6. The zero-order chi connectivity index (χ0) is 26.4. The quantitative estimate of drug-likeness (QED) is 0.404. The minimum atomic E-state index is -1.33. The van der Waals surface area contributed by atoms with Gasteiger partial charge in [0.15, 0.2) is 0 Å². The second-order valence-electron chi connectivity index (χ2n) is 9.33. The third-order valence-corrected chi connectivity index (χ3v) is 7.20. The molecule has 2 aliphatic heterocycles. The summed E-state index contributed by atoms with van der Waals surface area (Å²) in [5, 5.41) is 12.9. The number of nitrogens with one attached hydrogen (secondary N) is 1. The van der Waals surface area contributed by atoms with E-state index in [0.717, 1.165) is 23.6 Å². The number of imidazole rings is 1. The largest absolute Gasteiger partial charge is 0.465 e. The summed E-state index contributed by atoms with van der Waals surface area (Å²) in [6.45, 7) is 5.19. The standard InChI is InChI=1S/C27H25FN6O4/c1-16(32-8-10-38-11-9-32)17-2-5-23(29-13-17)31-21-4-3-19(20-15-34(27(36)37)26(35)25(20)21)22-14-30-24-12-18(28)6-7-33(22)24/h2-7,12-14,16H,8-11,15H2,1H3,(H,29,31)(H,36,37)/t16-/m0/s1. The van der Waals surface area contributed by atoms with E-state index in [9.17, 15) is 19.1 Å². The van der Waals surface area contributed by atoms with Crippen molar-refractivity contribution in [3.05, 3.63) is 77.5 Å². The highest BCUT2D eigenvalue weighted by Crippen LogP contribution is 2.38. The van der Waals surface area contributed by atoms with Crippen molar-refractivity contribution >= 4 is 29.2 Å². The van der Waals surface area contributed by atoms with Crippen LogP contribution in [0.5, 0.6) is 0 Å². The average molecular weight is 517 g/mol. The summed E-state index contributed by atoms with van der Waals surface area (Å²) in [4.78, 5) is 37.0. The van der Waals surface area contributed by atoms with Crippen molar-refractivity contribution < 1.29 is 23.8 Å². The second kappa shape index (κ2) is 9.51. The first-order chi connectivity index (χ1) is 18.4. The molecular weight excluding hydrogens is 491 g/mol. The Morgan fingerprint density at radius 2 is 1.95 bits per heavy atom. The molecule has 0 spiro atoms. The van der Waals surface area contributed by atoms with Gasteiger partial charge in [-0.25, -0.2) is 24.1 Å². The van der Waals surface area contributed by atoms with Crippen molar-refractivity contribution in [2.75, 3.05) is 31.6 Å². The molecule has 1 aromatic carbocycles.